The van der Waals surface area contributed by atoms with Crippen molar-refractivity contribution in [1.82, 2.24) is 0 Å². The van der Waals surface area contributed by atoms with Gasteiger partial charge in [-0.15, -0.1) is 11.3 Å². The molecule has 2 heteroatoms. The monoisotopic (exact) mass is 244 g/mol. The van der Waals surface area contributed by atoms with Crippen molar-refractivity contribution in [3.05, 3.63) is 45.4 Å². The summed E-state index contributed by atoms with van der Waals surface area (Å²) in [5.41, 5.74) is 0.194. The summed E-state index contributed by atoms with van der Waals surface area (Å²) in [6.07, 6.45) is 6.51. The van der Waals surface area contributed by atoms with E-state index in [1.165, 1.54) is 37.0 Å². The van der Waals surface area contributed by atoms with E-state index in [-0.39, 0.29) is 5.43 Å². The van der Waals surface area contributed by atoms with Crippen LogP contribution in [0.25, 0.3) is 10.1 Å². The first-order valence-electron chi connectivity index (χ1n) is 6.37. The minimum Gasteiger partial charge on any atom is -0.289 e. The zero-order valence-electron chi connectivity index (χ0n) is 9.82. The van der Waals surface area contributed by atoms with Gasteiger partial charge in [0, 0.05) is 15.0 Å². The molecule has 88 valence electrons. The highest BCUT2D eigenvalue weighted by molar-refractivity contribution is 7.18. The highest BCUT2D eigenvalue weighted by atomic mass is 32.1. The molecule has 1 aromatic heterocycles. The van der Waals surface area contributed by atoms with Crippen molar-refractivity contribution < 1.29 is 0 Å². The summed E-state index contributed by atoms with van der Waals surface area (Å²) in [5.74, 6) is 0.631. The quantitative estimate of drug-likeness (QED) is 0.730. The first kappa shape index (κ1) is 11.0. The predicted octanol–water partition coefficient (Wildman–Crippen LogP) is 4.31. The van der Waals surface area contributed by atoms with Crippen LogP contribution in [0.3, 0.4) is 0 Å². The molecule has 1 heterocycles. The average Bonchev–Trinajstić information content (AvgIpc) is 2.40. The second kappa shape index (κ2) is 4.61. The normalized spacial score (nSPS) is 17.4. The molecule has 1 aliphatic rings. The lowest BCUT2D eigenvalue weighted by molar-refractivity contribution is 0.448. The van der Waals surface area contributed by atoms with Crippen LogP contribution in [0.1, 0.15) is 42.9 Å². The second-order valence-electron chi connectivity index (χ2n) is 4.84. The zero-order chi connectivity index (χ0) is 11.7. The van der Waals surface area contributed by atoms with Crippen LogP contribution in [0, 0.1) is 0 Å². The number of rotatable bonds is 1. The Labute approximate surface area is 105 Å². The van der Waals surface area contributed by atoms with Gasteiger partial charge in [-0.1, -0.05) is 31.4 Å². The van der Waals surface area contributed by atoms with E-state index in [0.717, 1.165) is 10.1 Å². The Bertz CT molecular complexity index is 579. The molecule has 0 atom stereocenters. The van der Waals surface area contributed by atoms with E-state index in [4.69, 9.17) is 0 Å². The van der Waals surface area contributed by atoms with Crippen LogP contribution in [0.5, 0.6) is 0 Å². The standard InChI is InChI=1S/C15H16OS/c16-13-10-15(11-6-2-1-3-7-11)17-14-9-5-4-8-12(13)14/h4-5,8-11H,1-3,6-7H2. The molecule has 0 aliphatic heterocycles. The Balaban J connectivity index is 2.08. The number of hydrogen-bond acceptors (Lipinski definition) is 2. The topological polar surface area (TPSA) is 17.1 Å². The molecule has 2 aromatic rings. The molecule has 1 nitrogen and oxygen atoms in total. The second-order valence-corrected chi connectivity index (χ2v) is 5.96. The molecule has 0 radical (unpaired) electrons. The number of benzene rings is 1. The Hall–Kier alpha value is -1.15. The fourth-order valence-electron chi connectivity index (χ4n) is 2.71. The fraction of sp³-hybridized carbons (Fsp3) is 0.400. The first-order chi connectivity index (χ1) is 8.34. The predicted molar refractivity (Wildman–Crippen MR) is 73.9 cm³/mol. The van der Waals surface area contributed by atoms with Crippen molar-refractivity contribution in [3.63, 3.8) is 0 Å². The van der Waals surface area contributed by atoms with Gasteiger partial charge in [-0.25, -0.2) is 0 Å². The third-order valence-corrected chi connectivity index (χ3v) is 4.92. The number of hydrogen-bond donors (Lipinski definition) is 0. The molecular weight excluding hydrogens is 228 g/mol. The van der Waals surface area contributed by atoms with Crippen molar-refractivity contribution in [2.75, 3.05) is 0 Å². The van der Waals surface area contributed by atoms with Crippen LogP contribution in [-0.4, -0.2) is 0 Å². The summed E-state index contributed by atoms with van der Waals surface area (Å²) >= 11 is 1.81. The molecule has 0 spiro atoms. The van der Waals surface area contributed by atoms with E-state index in [2.05, 4.69) is 6.07 Å². The van der Waals surface area contributed by atoms with Crippen LogP contribution in [-0.2, 0) is 0 Å². The average molecular weight is 244 g/mol. The van der Waals surface area contributed by atoms with Gasteiger partial charge in [0.15, 0.2) is 5.43 Å². The van der Waals surface area contributed by atoms with Gasteiger partial charge in [-0.05, 0) is 37.0 Å². The summed E-state index contributed by atoms with van der Waals surface area (Å²) in [6, 6.07) is 9.83. The molecule has 3 rings (SSSR count). The zero-order valence-corrected chi connectivity index (χ0v) is 10.6. The van der Waals surface area contributed by atoms with Crippen LogP contribution in [0.2, 0.25) is 0 Å². The molecule has 0 unspecified atom stereocenters. The van der Waals surface area contributed by atoms with Gasteiger partial charge in [0.05, 0.1) is 0 Å². The van der Waals surface area contributed by atoms with Crippen LogP contribution >= 0.6 is 11.3 Å². The summed E-state index contributed by atoms with van der Waals surface area (Å²) in [7, 11) is 0. The highest BCUT2D eigenvalue weighted by Crippen LogP contribution is 2.35. The molecule has 1 saturated carbocycles. The van der Waals surface area contributed by atoms with Crippen molar-refractivity contribution in [1.29, 1.82) is 0 Å². The largest absolute Gasteiger partial charge is 0.289 e. The van der Waals surface area contributed by atoms with Crippen molar-refractivity contribution >= 4 is 21.4 Å². The molecule has 1 fully saturated rings. The minimum atomic E-state index is 0.194. The van der Waals surface area contributed by atoms with Gasteiger partial charge in [0.2, 0.25) is 0 Å². The van der Waals surface area contributed by atoms with E-state index >= 15 is 0 Å². The van der Waals surface area contributed by atoms with Gasteiger partial charge in [-0.3, -0.25) is 4.79 Å². The third kappa shape index (κ3) is 2.14. The molecule has 1 aromatic carbocycles. The minimum absolute atomic E-state index is 0.194. The van der Waals surface area contributed by atoms with Gasteiger partial charge >= 0.3 is 0 Å². The maximum atomic E-state index is 12.0. The molecular formula is C15H16OS. The Morgan fingerprint density at radius 2 is 1.82 bits per heavy atom. The molecule has 0 bridgehead atoms. The van der Waals surface area contributed by atoms with E-state index in [1.54, 1.807) is 0 Å². The molecule has 0 amide bonds. The molecule has 0 saturated heterocycles. The van der Waals surface area contributed by atoms with Gasteiger partial charge in [0.25, 0.3) is 0 Å². The van der Waals surface area contributed by atoms with Crippen LogP contribution in [0.15, 0.2) is 35.1 Å². The molecule has 0 N–H and O–H groups in total. The van der Waals surface area contributed by atoms with Crippen molar-refractivity contribution in [2.45, 2.75) is 38.0 Å². The third-order valence-electron chi connectivity index (χ3n) is 3.66. The van der Waals surface area contributed by atoms with E-state index in [1.807, 2.05) is 35.6 Å². The summed E-state index contributed by atoms with van der Waals surface area (Å²) < 4.78 is 1.14. The maximum absolute atomic E-state index is 12.0. The van der Waals surface area contributed by atoms with Gasteiger partial charge < -0.3 is 0 Å². The lowest BCUT2D eigenvalue weighted by Gasteiger charge is -2.21. The highest BCUT2D eigenvalue weighted by Gasteiger charge is 2.17. The fourth-order valence-corrected chi connectivity index (χ4v) is 3.96. The lowest BCUT2D eigenvalue weighted by Crippen LogP contribution is -2.07. The van der Waals surface area contributed by atoms with Crippen molar-refractivity contribution in [2.24, 2.45) is 0 Å². The van der Waals surface area contributed by atoms with E-state index < -0.39 is 0 Å². The van der Waals surface area contributed by atoms with Crippen molar-refractivity contribution in [3.8, 4) is 0 Å². The summed E-state index contributed by atoms with van der Waals surface area (Å²) in [6.45, 7) is 0. The van der Waals surface area contributed by atoms with Gasteiger partial charge in [0.1, 0.15) is 0 Å². The van der Waals surface area contributed by atoms with Gasteiger partial charge in [-0.2, -0.15) is 0 Å². The van der Waals surface area contributed by atoms with E-state index in [0.29, 0.717) is 5.92 Å². The Morgan fingerprint density at radius 3 is 2.65 bits per heavy atom. The first-order valence-corrected chi connectivity index (χ1v) is 7.19. The molecule has 1 aliphatic carbocycles. The smallest absolute Gasteiger partial charge is 0.188 e. The van der Waals surface area contributed by atoms with Crippen LogP contribution in [0.4, 0.5) is 0 Å². The van der Waals surface area contributed by atoms with Crippen LogP contribution < -0.4 is 5.43 Å². The summed E-state index contributed by atoms with van der Waals surface area (Å²) in [5, 5.41) is 0.872. The number of fused-ring (bicyclic) bond motifs is 1. The molecule has 17 heavy (non-hydrogen) atoms. The maximum Gasteiger partial charge on any atom is 0.188 e. The van der Waals surface area contributed by atoms with E-state index in [9.17, 15) is 4.79 Å². The Kier molecular flexibility index (Phi) is 2.98. The SMILES string of the molecule is O=c1cc(C2CCCCC2)sc2ccccc12. The summed E-state index contributed by atoms with van der Waals surface area (Å²) in [4.78, 5) is 13.3. The Morgan fingerprint density at radius 1 is 1.06 bits per heavy atom. The lowest BCUT2D eigenvalue weighted by atomic mass is 9.88.